The molecular formula is C16H17NO3S. The minimum atomic E-state index is -1.01. The molecule has 0 unspecified atom stereocenters. The number of amides is 1. The minimum absolute atomic E-state index is 0.166. The van der Waals surface area contributed by atoms with Crippen molar-refractivity contribution < 1.29 is 14.7 Å². The standard InChI is InChI=1S/C16H17NO3S/c1-3-10-6-5-7-11(4-2)14(10)17-15(18)12-8-9-13(21-12)16(19)20/h5-9H,3-4H2,1-2H3,(H,17,18)(H,19,20). The van der Waals surface area contributed by atoms with Crippen molar-refractivity contribution >= 4 is 28.9 Å². The maximum absolute atomic E-state index is 12.3. The van der Waals surface area contributed by atoms with Crippen molar-refractivity contribution in [1.82, 2.24) is 0 Å². The van der Waals surface area contributed by atoms with Crippen LogP contribution in [0.2, 0.25) is 0 Å². The number of aromatic carboxylic acids is 1. The lowest BCUT2D eigenvalue weighted by Gasteiger charge is -2.13. The number of carboxylic acids is 1. The first kappa shape index (κ1) is 15.3. The number of nitrogens with one attached hydrogen (secondary N) is 1. The van der Waals surface area contributed by atoms with E-state index in [1.165, 1.54) is 6.07 Å². The van der Waals surface area contributed by atoms with Gasteiger partial charge in [0.2, 0.25) is 0 Å². The first-order chi connectivity index (χ1) is 10.1. The van der Waals surface area contributed by atoms with Gasteiger partial charge in [0.05, 0.1) is 4.88 Å². The van der Waals surface area contributed by atoms with Gasteiger partial charge >= 0.3 is 5.97 Å². The van der Waals surface area contributed by atoms with E-state index in [9.17, 15) is 9.59 Å². The van der Waals surface area contributed by atoms with E-state index in [1.54, 1.807) is 6.07 Å². The Bertz CT molecular complexity index is 654. The smallest absolute Gasteiger partial charge is 0.345 e. The van der Waals surface area contributed by atoms with E-state index in [0.717, 1.165) is 41.0 Å². The zero-order valence-corrected chi connectivity index (χ0v) is 12.8. The predicted octanol–water partition coefficient (Wildman–Crippen LogP) is 3.82. The Kier molecular flexibility index (Phi) is 4.75. The maximum Gasteiger partial charge on any atom is 0.345 e. The second-order valence-corrected chi connectivity index (χ2v) is 5.67. The van der Waals surface area contributed by atoms with Crippen LogP contribution in [0.4, 0.5) is 5.69 Å². The average molecular weight is 303 g/mol. The summed E-state index contributed by atoms with van der Waals surface area (Å²) in [5, 5.41) is 11.8. The van der Waals surface area contributed by atoms with Crippen LogP contribution in [-0.4, -0.2) is 17.0 Å². The van der Waals surface area contributed by atoms with Crippen molar-refractivity contribution in [2.24, 2.45) is 0 Å². The van der Waals surface area contributed by atoms with Crippen LogP contribution in [0.5, 0.6) is 0 Å². The molecule has 0 aliphatic carbocycles. The van der Waals surface area contributed by atoms with Crippen LogP contribution in [0, 0.1) is 0 Å². The fraction of sp³-hybridized carbons (Fsp3) is 0.250. The molecule has 0 saturated heterocycles. The molecule has 21 heavy (non-hydrogen) atoms. The number of para-hydroxylation sites is 1. The summed E-state index contributed by atoms with van der Waals surface area (Å²) in [5.41, 5.74) is 3.01. The van der Waals surface area contributed by atoms with Gasteiger partial charge in [-0.05, 0) is 36.1 Å². The Hall–Kier alpha value is -2.14. The number of anilines is 1. The monoisotopic (exact) mass is 303 g/mol. The molecule has 0 aliphatic heterocycles. The van der Waals surface area contributed by atoms with Crippen LogP contribution in [0.25, 0.3) is 0 Å². The minimum Gasteiger partial charge on any atom is -0.477 e. The molecule has 2 N–H and O–H groups in total. The molecule has 1 heterocycles. The highest BCUT2D eigenvalue weighted by Crippen LogP contribution is 2.25. The molecule has 4 nitrogen and oxygen atoms in total. The molecule has 110 valence electrons. The molecule has 5 heteroatoms. The SMILES string of the molecule is CCc1cccc(CC)c1NC(=O)c1ccc(C(=O)O)s1. The van der Waals surface area contributed by atoms with E-state index < -0.39 is 5.97 Å². The third-order valence-corrected chi connectivity index (χ3v) is 4.35. The molecule has 1 amide bonds. The van der Waals surface area contributed by atoms with Crippen LogP contribution < -0.4 is 5.32 Å². The fourth-order valence-electron chi connectivity index (χ4n) is 2.15. The first-order valence-electron chi connectivity index (χ1n) is 6.82. The van der Waals surface area contributed by atoms with Gasteiger partial charge in [0, 0.05) is 5.69 Å². The van der Waals surface area contributed by atoms with Crippen molar-refractivity contribution in [3.05, 3.63) is 51.2 Å². The van der Waals surface area contributed by atoms with Gasteiger partial charge in [0.15, 0.2) is 0 Å². The molecule has 0 fully saturated rings. The molecular weight excluding hydrogens is 286 g/mol. The Labute approximate surface area is 127 Å². The van der Waals surface area contributed by atoms with Crippen LogP contribution in [0.15, 0.2) is 30.3 Å². The summed E-state index contributed by atoms with van der Waals surface area (Å²) in [6, 6.07) is 8.97. The number of benzene rings is 1. The van der Waals surface area contributed by atoms with E-state index in [4.69, 9.17) is 5.11 Å². The number of aryl methyl sites for hydroxylation is 2. The van der Waals surface area contributed by atoms with Crippen molar-refractivity contribution in [2.45, 2.75) is 26.7 Å². The molecule has 0 saturated carbocycles. The Morgan fingerprint density at radius 3 is 2.10 bits per heavy atom. The summed E-state index contributed by atoms with van der Waals surface area (Å²) in [4.78, 5) is 23.7. The van der Waals surface area contributed by atoms with E-state index >= 15 is 0 Å². The van der Waals surface area contributed by atoms with Gasteiger partial charge in [-0.3, -0.25) is 4.79 Å². The molecule has 1 aromatic heterocycles. The van der Waals surface area contributed by atoms with Gasteiger partial charge < -0.3 is 10.4 Å². The Morgan fingerprint density at radius 1 is 1.05 bits per heavy atom. The topological polar surface area (TPSA) is 66.4 Å². The third kappa shape index (κ3) is 3.31. The van der Waals surface area contributed by atoms with Gasteiger partial charge in [-0.1, -0.05) is 32.0 Å². The highest BCUT2D eigenvalue weighted by molar-refractivity contribution is 7.15. The lowest BCUT2D eigenvalue weighted by Crippen LogP contribution is -2.13. The number of hydrogen-bond acceptors (Lipinski definition) is 3. The maximum atomic E-state index is 12.3. The average Bonchev–Trinajstić information content (AvgIpc) is 2.97. The van der Waals surface area contributed by atoms with Gasteiger partial charge in [0.1, 0.15) is 4.88 Å². The number of carbonyl (C=O) groups excluding carboxylic acids is 1. The first-order valence-corrected chi connectivity index (χ1v) is 7.63. The number of carbonyl (C=O) groups is 2. The summed E-state index contributed by atoms with van der Waals surface area (Å²) >= 11 is 0.984. The van der Waals surface area contributed by atoms with Crippen LogP contribution in [0.3, 0.4) is 0 Å². The number of thiophene rings is 1. The van der Waals surface area contributed by atoms with Gasteiger partial charge in [-0.2, -0.15) is 0 Å². The van der Waals surface area contributed by atoms with Crippen molar-refractivity contribution in [3.8, 4) is 0 Å². The predicted molar refractivity (Wildman–Crippen MR) is 84.4 cm³/mol. The second-order valence-electron chi connectivity index (χ2n) is 4.58. The van der Waals surface area contributed by atoms with Crippen LogP contribution in [-0.2, 0) is 12.8 Å². The van der Waals surface area contributed by atoms with E-state index in [0.29, 0.717) is 4.88 Å². The summed E-state index contributed by atoms with van der Waals surface area (Å²) in [6.45, 7) is 4.08. The molecule has 0 aliphatic rings. The van der Waals surface area contributed by atoms with Gasteiger partial charge in [-0.15, -0.1) is 11.3 Å². The van der Waals surface area contributed by atoms with Crippen LogP contribution >= 0.6 is 11.3 Å². The third-order valence-electron chi connectivity index (χ3n) is 3.28. The van der Waals surface area contributed by atoms with Gasteiger partial charge in [-0.25, -0.2) is 4.79 Å². The lowest BCUT2D eigenvalue weighted by atomic mass is 10.0. The number of rotatable bonds is 5. The Morgan fingerprint density at radius 2 is 1.62 bits per heavy atom. The van der Waals surface area contributed by atoms with Gasteiger partial charge in [0.25, 0.3) is 5.91 Å². The summed E-state index contributed by atoms with van der Waals surface area (Å²) in [6.07, 6.45) is 1.66. The van der Waals surface area contributed by atoms with Crippen LogP contribution in [0.1, 0.15) is 44.3 Å². The number of carboxylic acid groups (broad SMARTS) is 1. The molecule has 0 bridgehead atoms. The zero-order valence-electron chi connectivity index (χ0n) is 12.0. The molecule has 1 aromatic carbocycles. The summed E-state index contributed by atoms with van der Waals surface area (Å²) in [7, 11) is 0. The van der Waals surface area contributed by atoms with Crippen molar-refractivity contribution in [3.63, 3.8) is 0 Å². The van der Waals surface area contributed by atoms with E-state index in [1.807, 2.05) is 32.0 Å². The molecule has 2 rings (SSSR count). The highest BCUT2D eigenvalue weighted by atomic mass is 32.1. The summed E-state index contributed by atoms with van der Waals surface area (Å²) < 4.78 is 0. The van der Waals surface area contributed by atoms with E-state index in [2.05, 4.69) is 5.32 Å². The Balaban J connectivity index is 2.28. The largest absolute Gasteiger partial charge is 0.477 e. The summed E-state index contributed by atoms with van der Waals surface area (Å²) in [5.74, 6) is -1.27. The molecule has 0 atom stereocenters. The molecule has 0 radical (unpaired) electrons. The zero-order chi connectivity index (χ0) is 15.4. The lowest BCUT2D eigenvalue weighted by molar-refractivity contribution is 0.0702. The molecule has 0 spiro atoms. The number of hydrogen-bond donors (Lipinski definition) is 2. The van der Waals surface area contributed by atoms with Crippen molar-refractivity contribution in [2.75, 3.05) is 5.32 Å². The molecule has 2 aromatic rings. The quantitative estimate of drug-likeness (QED) is 0.882. The second kappa shape index (κ2) is 6.54. The fourth-order valence-corrected chi connectivity index (χ4v) is 2.89. The van der Waals surface area contributed by atoms with Crippen molar-refractivity contribution in [1.29, 1.82) is 0 Å². The normalized spacial score (nSPS) is 10.4. The van der Waals surface area contributed by atoms with E-state index in [-0.39, 0.29) is 10.8 Å². The highest BCUT2D eigenvalue weighted by Gasteiger charge is 2.15.